The monoisotopic (exact) mass is 344 g/mol. The Labute approximate surface area is 145 Å². The van der Waals surface area contributed by atoms with E-state index in [1.54, 1.807) is 6.07 Å². The van der Waals surface area contributed by atoms with Crippen LogP contribution in [0.3, 0.4) is 0 Å². The molecule has 7 nitrogen and oxygen atoms in total. The number of pyridine rings is 1. The quantitative estimate of drug-likeness (QED) is 0.836. The number of H-pyrrole nitrogens is 1. The van der Waals surface area contributed by atoms with E-state index in [9.17, 15) is 14.4 Å². The zero-order valence-electron chi connectivity index (χ0n) is 14.9. The van der Waals surface area contributed by atoms with Gasteiger partial charge in [-0.15, -0.1) is 0 Å². The molecular formula is C18H24N4O3. The second-order valence-corrected chi connectivity index (χ2v) is 6.56. The lowest BCUT2D eigenvalue weighted by atomic mass is 10.1. The maximum absolute atomic E-state index is 12.8. The maximum Gasteiger partial charge on any atom is 0.329 e. The van der Waals surface area contributed by atoms with E-state index in [4.69, 9.17) is 0 Å². The summed E-state index contributed by atoms with van der Waals surface area (Å²) in [5.74, 6) is 0.0265. The van der Waals surface area contributed by atoms with Crippen molar-refractivity contribution in [2.45, 2.75) is 65.0 Å². The topological polar surface area (TPSA) is 96.8 Å². The predicted octanol–water partition coefficient (Wildman–Crippen LogP) is 1.90. The molecule has 7 heteroatoms. The molecule has 1 aliphatic carbocycles. The fourth-order valence-electron chi connectivity index (χ4n) is 3.11. The maximum atomic E-state index is 12.8. The lowest BCUT2D eigenvalue weighted by Gasteiger charge is -2.17. The first-order chi connectivity index (χ1) is 12.0. The number of amides is 1. The van der Waals surface area contributed by atoms with E-state index in [-0.39, 0.29) is 17.3 Å². The summed E-state index contributed by atoms with van der Waals surface area (Å²) in [4.78, 5) is 44.2. The minimum atomic E-state index is -0.561. The van der Waals surface area contributed by atoms with Crippen LogP contribution in [0.15, 0.2) is 15.7 Å². The Morgan fingerprint density at radius 1 is 1.32 bits per heavy atom. The smallest absolute Gasteiger partial charge is 0.329 e. The van der Waals surface area contributed by atoms with Crippen LogP contribution in [-0.2, 0) is 6.54 Å². The summed E-state index contributed by atoms with van der Waals surface area (Å²) in [6.07, 6.45) is 3.67. The van der Waals surface area contributed by atoms with Gasteiger partial charge in [0.25, 0.3) is 11.5 Å². The van der Waals surface area contributed by atoms with Crippen molar-refractivity contribution >= 4 is 16.9 Å². The number of rotatable bonds is 6. The molecule has 2 aromatic rings. The molecule has 0 bridgehead atoms. The summed E-state index contributed by atoms with van der Waals surface area (Å²) in [6.45, 7) is 6.21. The molecule has 1 amide bonds. The Hall–Kier alpha value is -2.44. The van der Waals surface area contributed by atoms with Crippen LogP contribution in [-0.4, -0.2) is 26.5 Å². The van der Waals surface area contributed by atoms with Crippen LogP contribution < -0.4 is 16.6 Å². The van der Waals surface area contributed by atoms with Gasteiger partial charge in [0.05, 0.1) is 10.9 Å². The Bertz CT molecular complexity index is 920. The number of hydrogen-bond acceptors (Lipinski definition) is 4. The molecule has 0 aliphatic heterocycles. The Kier molecular flexibility index (Phi) is 4.74. The number of nitrogens with one attached hydrogen (secondary N) is 2. The molecule has 1 saturated carbocycles. The van der Waals surface area contributed by atoms with Gasteiger partial charge < -0.3 is 5.32 Å². The highest BCUT2D eigenvalue weighted by Crippen LogP contribution is 2.39. The first-order valence-electron chi connectivity index (χ1n) is 8.98. The molecule has 25 heavy (non-hydrogen) atoms. The highest BCUT2D eigenvalue weighted by molar-refractivity contribution is 6.05. The fraction of sp³-hybridized carbons (Fsp3) is 0.556. The number of hydrogen-bond donors (Lipinski definition) is 2. The normalized spacial score (nSPS) is 14.2. The number of aromatic amines is 1. The van der Waals surface area contributed by atoms with Gasteiger partial charge in [0, 0.05) is 24.2 Å². The third-order valence-electron chi connectivity index (χ3n) is 4.85. The molecule has 1 fully saturated rings. The van der Waals surface area contributed by atoms with Crippen molar-refractivity contribution in [2.24, 2.45) is 0 Å². The highest BCUT2D eigenvalue weighted by atomic mass is 16.2. The Balaban J connectivity index is 2.24. The number of aromatic nitrogens is 3. The van der Waals surface area contributed by atoms with Crippen LogP contribution in [0.1, 0.15) is 68.4 Å². The molecule has 2 aromatic heterocycles. The van der Waals surface area contributed by atoms with Gasteiger partial charge in [0.2, 0.25) is 0 Å². The van der Waals surface area contributed by atoms with Crippen LogP contribution in [0, 0.1) is 0 Å². The number of fused-ring (bicyclic) bond motifs is 1. The molecule has 0 saturated heterocycles. The average Bonchev–Trinajstić information content (AvgIpc) is 3.43. The second kappa shape index (κ2) is 6.82. The van der Waals surface area contributed by atoms with Gasteiger partial charge in [-0.05, 0) is 38.7 Å². The van der Waals surface area contributed by atoms with Crippen molar-refractivity contribution in [2.75, 3.05) is 0 Å². The first kappa shape index (κ1) is 17.4. The lowest BCUT2D eigenvalue weighted by Crippen LogP contribution is -2.36. The molecule has 2 N–H and O–H groups in total. The van der Waals surface area contributed by atoms with E-state index >= 15 is 0 Å². The van der Waals surface area contributed by atoms with E-state index in [0.29, 0.717) is 23.7 Å². The zero-order chi connectivity index (χ0) is 18.1. The molecule has 0 radical (unpaired) electrons. The summed E-state index contributed by atoms with van der Waals surface area (Å²) in [5.41, 5.74) is 0.341. The van der Waals surface area contributed by atoms with Crippen LogP contribution >= 0.6 is 0 Å². The minimum Gasteiger partial charge on any atom is -0.349 e. The number of carbonyl (C=O) groups is 1. The van der Waals surface area contributed by atoms with Gasteiger partial charge >= 0.3 is 5.69 Å². The minimum absolute atomic E-state index is 0.0521. The van der Waals surface area contributed by atoms with Crippen molar-refractivity contribution in [1.82, 2.24) is 19.9 Å². The van der Waals surface area contributed by atoms with Crippen molar-refractivity contribution < 1.29 is 4.79 Å². The number of aryl methyl sites for hydroxylation is 1. The molecule has 2 heterocycles. The molecule has 0 spiro atoms. The van der Waals surface area contributed by atoms with Crippen LogP contribution in [0.2, 0.25) is 0 Å². The van der Waals surface area contributed by atoms with Crippen LogP contribution in [0.4, 0.5) is 0 Å². The molecule has 3 rings (SSSR count). The molecule has 0 unspecified atom stereocenters. The van der Waals surface area contributed by atoms with E-state index in [1.165, 1.54) is 4.57 Å². The van der Waals surface area contributed by atoms with Crippen molar-refractivity contribution in [3.63, 3.8) is 0 Å². The standard InChI is InChI=1S/C18H24N4O3/c1-4-11(5-2)19-16(23)12-9-13(10-7-8-10)20-15-14(12)17(24)21-18(25)22(15)6-3/h9-11H,4-8H2,1-3H3,(H,19,23)(H,21,24,25). The fourth-order valence-corrected chi connectivity index (χ4v) is 3.11. The zero-order valence-corrected chi connectivity index (χ0v) is 14.9. The summed E-state index contributed by atoms with van der Waals surface area (Å²) < 4.78 is 1.41. The van der Waals surface area contributed by atoms with Gasteiger partial charge in [0.15, 0.2) is 5.65 Å². The van der Waals surface area contributed by atoms with Gasteiger partial charge in [-0.25, -0.2) is 9.78 Å². The SMILES string of the molecule is CCC(CC)NC(=O)c1cc(C2CC2)nc2c1c(=O)[nH]c(=O)n2CC. The molecule has 134 valence electrons. The average molecular weight is 344 g/mol. The highest BCUT2D eigenvalue weighted by Gasteiger charge is 2.28. The second-order valence-electron chi connectivity index (χ2n) is 6.56. The predicted molar refractivity (Wildman–Crippen MR) is 96.1 cm³/mol. The summed E-state index contributed by atoms with van der Waals surface area (Å²) >= 11 is 0. The molecule has 0 aromatic carbocycles. The number of carbonyl (C=O) groups excluding carboxylic acids is 1. The van der Waals surface area contributed by atoms with Gasteiger partial charge in [0.1, 0.15) is 0 Å². The van der Waals surface area contributed by atoms with Gasteiger partial charge in [-0.2, -0.15) is 0 Å². The van der Waals surface area contributed by atoms with Crippen molar-refractivity contribution in [1.29, 1.82) is 0 Å². The molecule has 1 aliphatic rings. The summed E-state index contributed by atoms with van der Waals surface area (Å²) in [6, 6.07) is 1.77. The first-order valence-corrected chi connectivity index (χ1v) is 8.98. The van der Waals surface area contributed by atoms with E-state index in [0.717, 1.165) is 31.4 Å². The van der Waals surface area contributed by atoms with E-state index < -0.39 is 11.2 Å². The largest absolute Gasteiger partial charge is 0.349 e. The Morgan fingerprint density at radius 2 is 2.00 bits per heavy atom. The number of nitrogens with zero attached hydrogens (tertiary/aromatic N) is 2. The molecule has 0 atom stereocenters. The summed E-state index contributed by atoms with van der Waals surface area (Å²) in [7, 11) is 0. The Morgan fingerprint density at radius 3 is 2.56 bits per heavy atom. The van der Waals surface area contributed by atoms with Gasteiger partial charge in [-0.1, -0.05) is 13.8 Å². The molecular weight excluding hydrogens is 320 g/mol. The summed E-state index contributed by atoms with van der Waals surface area (Å²) in [5, 5.41) is 3.17. The van der Waals surface area contributed by atoms with Crippen LogP contribution in [0.5, 0.6) is 0 Å². The van der Waals surface area contributed by atoms with E-state index in [2.05, 4.69) is 15.3 Å². The van der Waals surface area contributed by atoms with E-state index in [1.807, 2.05) is 20.8 Å². The van der Waals surface area contributed by atoms with Crippen LogP contribution in [0.25, 0.3) is 11.0 Å². The third kappa shape index (κ3) is 3.23. The van der Waals surface area contributed by atoms with Gasteiger partial charge in [-0.3, -0.25) is 19.1 Å². The van der Waals surface area contributed by atoms with Crippen molar-refractivity contribution in [3.8, 4) is 0 Å². The third-order valence-corrected chi connectivity index (χ3v) is 4.85. The van der Waals surface area contributed by atoms with Crippen molar-refractivity contribution in [3.05, 3.63) is 38.2 Å². The lowest BCUT2D eigenvalue weighted by molar-refractivity contribution is 0.0936.